The van der Waals surface area contributed by atoms with Gasteiger partial charge in [0.05, 0.1) is 13.1 Å². The number of furan rings is 1. The topological polar surface area (TPSA) is 49.6 Å². The molecule has 22 heavy (non-hydrogen) atoms. The summed E-state index contributed by atoms with van der Waals surface area (Å²) in [5.41, 5.74) is 2.22. The zero-order valence-electron chi connectivity index (χ0n) is 12.7. The average Bonchev–Trinajstić information content (AvgIpc) is 3.13. The standard InChI is InChI=1S/C17H19N3OS/c1-12-7-8-22-16(12)11-20-17(18-2)19-10-14-9-13-5-3-4-6-15(13)21-14/h3-9H,10-11H2,1-2H3,(H2,18,19,20). The predicted molar refractivity (Wildman–Crippen MR) is 92.3 cm³/mol. The highest BCUT2D eigenvalue weighted by atomic mass is 32.1. The van der Waals surface area contributed by atoms with Gasteiger partial charge in [-0.1, -0.05) is 18.2 Å². The Morgan fingerprint density at radius 3 is 2.73 bits per heavy atom. The van der Waals surface area contributed by atoms with Crippen LogP contribution in [0.2, 0.25) is 0 Å². The number of hydrogen-bond donors (Lipinski definition) is 2. The summed E-state index contributed by atoms with van der Waals surface area (Å²) >= 11 is 1.76. The van der Waals surface area contributed by atoms with Crippen molar-refractivity contribution in [2.24, 2.45) is 4.99 Å². The summed E-state index contributed by atoms with van der Waals surface area (Å²) in [5, 5.41) is 9.83. The highest BCUT2D eigenvalue weighted by molar-refractivity contribution is 7.10. The van der Waals surface area contributed by atoms with Crippen molar-refractivity contribution in [2.45, 2.75) is 20.0 Å². The summed E-state index contributed by atoms with van der Waals surface area (Å²) in [6.07, 6.45) is 0. The van der Waals surface area contributed by atoms with Crippen molar-refractivity contribution in [3.8, 4) is 0 Å². The molecule has 1 aromatic carbocycles. The number of benzene rings is 1. The zero-order valence-corrected chi connectivity index (χ0v) is 13.5. The average molecular weight is 313 g/mol. The van der Waals surface area contributed by atoms with Gasteiger partial charge in [-0.3, -0.25) is 4.99 Å². The van der Waals surface area contributed by atoms with E-state index in [2.05, 4.69) is 46.1 Å². The first-order valence-corrected chi connectivity index (χ1v) is 8.09. The first kappa shape index (κ1) is 14.7. The van der Waals surface area contributed by atoms with Gasteiger partial charge in [-0.15, -0.1) is 11.3 Å². The van der Waals surface area contributed by atoms with Crippen molar-refractivity contribution in [3.63, 3.8) is 0 Å². The van der Waals surface area contributed by atoms with E-state index in [1.54, 1.807) is 18.4 Å². The smallest absolute Gasteiger partial charge is 0.191 e. The van der Waals surface area contributed by atoms with E-state index in [0.29, 0.717) is 6.54 Å². The van der Waals surface area contributed by atoms with Gasteiger partial charge < -0.3 is 15.1 Å². The molecule has 0 unspecified atom stereocenters. The van der Waals surface area contributed by atoms with E-state index in [4.69, 9.17) is 4.42 Å². The molecule has 3 aromatic rings. The molecule has 0 saturated heterocycles. The number of thiophene rings is 1. The van der Waals surface area contributed by atoms with Crippen molar-refractivity contribution in [2.75, 3.05) is 7.05 Å². The zero-order chi connectivity index (χ0) is 15.4. The molecule has 0 amide bonds. The molecule has 0 aliphatic carbocycles. The van der Waals surface area contributed by atoms with Crippen molar-refractivity contribution >= 4 is 28.3 Å². The number of nitrogens with zero attached hydrogens (tertiary/aromatic N) is 1. The molecule has 0 aliphatic heterocycles. The van der Waals surface area contributed by atoms with Gasteiger partial charge in [-0.05, 0) is 36.1 Å². The Kier molecular flexibility index (Phi) is 4.44. The van der Waals surface area contributed by atoms with Gasteiger partial charge in [0, 0.05) is 17.3 Å². The molecule has 2 N–H and O–H groups in total. The fourth-order valence-electron chi connectivity index (χ4n) is 2.26. The van der Waals surface area contributed by atoms with Crippen LogP contribution in [0.1, 0.15) is 16.2 Å². The first-order chi connectivity index (χ1) is 10.8. The Labute approximate surface area is 133 Å². The molecule has 0 saturated carbocycles. The van der Waals surface area contributed by atoms with Crippen LogP contribution >= 0.6 is 11.3 Å². The summed E-state index contributed by atoms with van der Waals surface area (Å²) in [6.45, 7) is 3.51. The molecule has 2 heterocycles. The Bertz CT molecular complexity index is 755. The summed E-state index contributed by atoms with van der Waals surface area (Å²) in [5.74, 6) is 1.67. The fourth-order valence-corrected chi connectivity index (χ4v) is 3.11. The molecule has 0 atom stereocenters. The molecule has 3 rings (SSSR count). The van der Waals surface area contributed by atoms with E-state index in [1.807, 2.05) is 18.2 Å². The number of para-hydroxylation sites is 1. The Morgan fingerprint density at radius 2 is 2.00 bits per heavy atom. The molecule has 114 valence electrons. The number of hydrogen-bond acceptors (Lipinski definition) is 3. The Balaban J connectivity index is 1.58. The van der Waals surface area contributed by atoms with E-state index in [0.717, 1.165) is 29.2 Å². The van der Waals surface area contributed by atoms with Crippen LogP contribution in [0.3, 0.4) is 0 Å². The van der Waals surface area contributed by atoms with E-state index >= 15 is 0 Å². The number of aliphatic imine (C=N–C) groups is 1. The molecule has 0 fully saturated rings. The van der Waals surface area contributed by atoms with Crippen LogP contribution in [0.4, 0.5) is 0 Å². The normalized spacial score (nSPS) is 11.8. The SMILES string of the molecule is CN=C(NCc1cc2ccccc2o1)NCc1sccc1C. The molecule has 0 radical (unpaired) electrons. The lowest BCUT2D eigenvalue weighted by molar-refractivity contribution is 0.538. The maximum absolute atomic E-state index is 5.79. The van der Waals surface area contributed by atoms with E-state index in [-0.39, 0.29) is 0 Å². The third-order valence-electron chi connectivity index (χ3n) is 3.51. The summed E-state index contributed by atoms with van der Waals surface area (Å²) in [6, 6.07) is 12.2. The summed E-state index contributed by atoms with van der Waals surface area (Å²) < 4.78 is 5.79. The highest BCUT2D eigenvalue weighted by Gasteiger charge is 2.05. The van der Waals surface area contributed by atoms with Gasteiger partial charge in [0.15, 0.2) is 5.96 Å². The fraction of sp³-hybridized carbons (Fsp3) is 0.235. The lowest BCUT2D eigenvalue weighted by atomic mass is 10.2. The second-order valence-electron chi connectivity index (χ2n) is 5.06. The minimum atomic E-state index is 0.609. The molecule has 0 aliphatic rings. The molecular weight excluding hydrogens is 294 g/mol. The lowest BCUT2D eigenvalue weighted by Gasteiger charge is -2.10. The van der Waals surface area contributed by atoms with Crippen LogP contribution in [0.5, 0.6) is 0 Å². The predicted octanol–water partition coefficient (Wildman–Crippen LogP) is 3.67. The van der Waals surface area contributed by atoms with Gasteiger partial charge >= 0.3 is 0 Å². The maximum atomic E-state index is 5.79. The van der Waals surface area contributed by atoms with Gasteiger partial charge in [-0.25, -0.2) is 0 Å². The molecule has 0 spiro atoms. The summed E-state index contributed by atoms with van der Waals surface area (Å²) in [7, 11) is 1.77. The first-order valence-electron chi connectivity index (χ1n) is 7.21. The molecule has 5 heteroatoms. The number of fused-ring (bicyclic) bond motifs is 1. The molecule has 0 bridgehead atoms. The third-order valence-corrected chi connectivity index (χ3v) is 4.54. The van der Waals surface area contributed by atoms with Crippen molar-refractivity contribution in [1.82, 2.24) is 10.6 Å². The Hall–Kier alpha value is -2.27. The minimum Gasteiger partial charge on any atom is -0.459 e. The third kappa shape index (κ3) is 3.31. The van der Waals surface area contributed by atoms with Crippen molar-refractivity contribution in [1.29, 1.82) is 0 Å². The van der Waals surface area contributed by atoms with Gasteiger partial charge in [0.25, 0.3) is 0 Å². The molecule has 2 aromatic heterocycles. The second-order valence-corrected chi connectivity index (χ2v) is 6.06. The van der Waals surface area contributed by atoms with Gasteiger partial charge in [-0.2, -0.15) is 0 Å². The largest absolute Gasteiger partial charge is 0.459 e. The lowest BCUT2D eigenvalue weighted by Crippen LogP contribution is -2.36. The van der Waals surface area contributed by atoms with E-state index < -0.39 is 0 Å². The van der Waals surface area contributed by atoms with Crippen LogP contribution in [0, 0.1) is 6.92 Å². The Morgan fingerprint density at radius 1 is 1.18 bits per heavy atom. The number of aryl methyl sites for hydroxylation is 1. The second kappa shape index (κ2) is 6.66. The van der Waals surface area contributed by atoms with Crippen LogP contribution in [0.25, 0.3) is 11.0 Å². The maximum Gasteiger partial charge on any atom is 0.191 e. The monoisotopic (exact) mass is 313 g/mol. The quantitative estimate of drug-likeness (QED) is 0.571. The van der Waals surface area contributed by atoms with E-state index in [1.165, 1.54) is 10.4 Å². The van der Waals surface area contributed by atoms with E-state index in [9.17, 15) is 0 Å². The summed E-state index contributed by atoms with van der Waals surface area (Å²) in [4.78, 5) is 5.57. The van der Waals surface area contributed by atoms with Crippen LogP contribution in [-0.2, 0) is 13.1 Å². The molecule has 4 nitrogen and oxygen atoms in total. The van der Waals surface area contributed by atoms with Crippen molar-refractivity contribution in [3.05, 3.63) is 58.0 Å². The minimum absolute atomic E-state index is 0.609. The molecular formula is C17H19N3OS. The highest BCUT2D eigenvalue weighted by Crippen LogP contribution is 2.18. The van der Waals surface area contributed by atoms with Crippen LogP contribution in [0.15, 0.2) is 51.2 Å². The number of nitrogens with one attached hydrogen (secondary N) is 2. The van der Waals surface area contributed by atoms with Gasteiger partial charge in [0.2, 0.25) is 0 Å². The number of guanidine groups is 1. The number of rotatable bonds is 4. The van der Waals surface area contributed by atoms with Crippen LogP contribution < -0.4 is 10.6 Å². The van der Waals surface area contributed by atoms with Gasteiger partial charge in [0.1, 0.15) is 11.3 Å². The van der Waals surface area contributed by atoms with Crippen LogP contribution in [-0.4, -0.2) is 13.0 Å². The van der Waals surface area contributed by atoms with Crippen molar-refractivity contribution < 1.29 is 4.42 Å².